The van der Waals surface area contributed by atoms with Gasteiger partial charge in [-0.05, 0) is 24.6 Å². The molecule has 0 atom stereocenters. The number of nitrogens with zero attached hydrogens (tertiary/aromatic N) is 2. The van der Waals surface area contributed by atoms with Crippen LogP contribution in [0.1, 0.15) is 12.5 Å². The molecular weight excluding hydrogens is 332 g/mol. The van der Waals surface area contributed by atoms with Gasteiger partial charge in [0, 0.05) is 12.6 Å². The third kappa shape index (κ3) is 4.85. The summed E-state index contributed by atoms with van der Waals surface area (Å²) in [6.07, 6.45) is 0. The number of rotatable bonds is 3. The molecular formula is C15H14N4O4S. The van der Waals surface area contributed by atoms with E-state index in [1.165, 1.54) is 0 Å². The zero-order chi connectivity index (χ0) is 17.7. The highest BCUT2D eigenvalue weighted by atomic mass is 32.2. The number of aryl methyl sites for hydroxylation is 1. The maximum absolute atomic E-state index is 11.9. The lowest BCUT2D eigenvalue weighted by Gasteiger charge is -2.13. The van der Waals surface area contributed by atoms with Gasteiger partial charge in [-0.25, -0.2) is 4.99 Å². The lowest BCUT2D eigenvalue weighted by atomic mass is 10.2. The van der Waals surface area contributed by atoms with Gasteiger partial charge in [0.2, 0.25) is 11.8 Å². The van der Waals surface area contributed by atoms with E-state index in [1.807, 2.05) is 25.1 Å². The van der Waals surface area contributed by atoms with E-state index in [9.17, 15) is 19.2 Å². The van der Waals surface area contributed by atoms with Gasteiger partial charge in [-0.2, -0.15) is 4.99 Å². The van der Waals surface area contributed by atoms with Crippen LogP contribution >= 0.6 is 11.8 Å². The van der Waals surface area contributed by atoms with Crippen LogP contribution in [0.2, 0.25) is 0 Å². The van der Waals surface area contributed by atoms with Gasteiger partial charge < -0.3 is 5.32 Å². The minimum atomic E-state index is -0.907. The van der Waals surface area contributed by atoms with Gasteiger partial charge in [0.15, 0.2) is 10.9 Å². The van der Waals surface area contributed by atoms with Crippen molar-refractivity contribution in [2.24, 2.45) is 9.98 Å². The average Bonchev–Trinajstić information content (AvgIpc) is 2.49. The molecule has 0 unspecified atom stereocenters. The third-order valence-electron chi connectivity index (χ3n) is 2.75. The van der Waals surface area contributed by atoms with Crippen LogP contribution in [0, 0.1) is 6.92 Å². The fourth-order valence-corrected chi connectivity index (χ4v) is 2.46. The van der Waals surface area contributed by atoms with Crippen molar-refractivity contribution in [3.05, 3.63) is 29.8 Å². The number of carbonyl (C=O) groups is 4. The molecule has 0 aliphatic carbocycles. The zero-order valence-corrected chi connectivity index (χ0v) is 13.8. The summed E-state index contributed by atoms with van der Waals surface area (Å²) < 4.78 is 0. The van der Waals surface area contributed by atoms with Gasteiger partial charge in [0.1, 0.15) is 0 Å². The van der Waals surface area contributed by atoms with Gasteiger partial charge in [0.05, 0.1) is 5.75 Å². The molecule has 124 valence electrons. The van der Waals surface area contributed by atoms with Gasteiger partial charge in [-0.15, -0.1) is 0 Å². The van der Waals surface area contributed by atoms with Crippen LogP contribution in [0.5, 0.6) is 0 Å². The normalized spacial score (nSPS) is 15.8. The third-order valence-corrected chi connectivity index (χ3v) is 3.63. The summed E-state index contributed by atoms with van der Waals surface area (Å²) in [7, 11) is 0. The van der Waals surface area contributed by atoms with E-state index in [1.54, 1.807) is 6.07 Å². The van der Waals surface area contributed by atoms with E-state index in [0.29, 0.717) is 5.69 Å². The first-order valence-corrected chi connectivity index (χ1v) is 7.86. The number of amides is 4. The quantitative estimate of drug-likeness (QED) is 0.834. The molecule has 0 bridgehead atoms. The maximum Gasteiger partial charge on any atom is 0.303 e. The van der Waals surface area contributed by atoms with E-state index in [-0.39, 0.29) is 16.8 Å². The predicted octanol–water partition coefficient (Wildman–Crippen LogP) is 0.667. The molecule has 0 fully saturated rings. The highest BCUT2D eigenvalue weighted by Gasteiger charge is 2.28. The van der Waals surface area contributed by atoms with Crippen LogP contribution in [0.15, 0.2) is 34.3 Å². The SMILES string of the molecule is CC(=O)N=C1C(=O)N=C(SCC(=O)Nc2cccc(C)c2)NC1=O. The molecule has 24 heavy (non-hydrogen) atoms. The van der Waals surface area contributed by atoms with Crippen LogP contribution in [0.25, 0.3) is 0 Å². The van der Waals surface area contributed by atoms with Crippen molar-refractivity contribution in [2.75, 3.05) is 11.1 Å². The number of benzene rings is 1. The number of nitrogens with one attached hydrogen (secondary N) is 2. The molecule has 0 saturated heterocycles. The van der Waals surface area contributed by atoms with E-state index in [0.717, 1.165) is 24.2 Å². The fourth-order valence-electron chi connectivity index (χ4n) is 1.80. The van der Waals surface area contributed by atoms with Crippen molar-refractivity contribution in [3.63, 3.8) is 0 Å². The smallest absolute Gasteiger partial charge is 0.303 e. The molecule has 0 spiro atoms. The number of thioether (sulfide) groups is 1. The van der Waals surface area contributed by atoms with Crippen LogP contribution in [0.3, 0.4) is 0 Å². The lowest BCUT2D eigenvalue weighted by molar-refractivity contribution is -0.119. The number of aliphatic imine (C=N–C) groups is 2. The van der Waals surface area contributed by atoms with E-state index in [2.05, 4.69) is 20.6 Å². The van der Waals surface area contributed by atoms with Crippen LogP contribution in [0.4, 0.5) is 5.69 Å². The van der Waals surface area contributed by atoms with Crippen LogP contribution < -0.4 is 10.6 Å². The molecule has 0 aromatic heterocycles. The first-order valence-electron chi connectivity index (χ1n) is 6.88. The van der Waals surface area contributed by atoms with Gasteiger partial charge in [-0.1, -0.05) is 23.9 Å². The Morgan fingerprint density at radius 1 is 1.33 bits per heavy atom. The molecule has 2 N–H and O–H groups in total. The molecule has 1 aliphatic rings. The number of anilines is 1. The summed E-state index contributed by atoms with van der Waals surface area (Å²) in [4.78, 5) is 53.1. The van der Waals surface area contributed by atoms with Crippen molar-refractivity contribution in [3.8, 4) is 0 Å². The second kappa shape index (κ2) is 7.64. The second-order valence-corrected chi connectivity index (χ2v) is 5.83. The van der Waals surface area contributed by atoms with Crippen molar-refractivity contribution < 1.29 is 19.2 Å². The van der Waals surface area contributed by atoms with Gasteiger partial charge in [-0.3, -0.25) is 24.5 Å². The Balaban J connectivity index is 1.95. The molecule has 9 heteroatoms. The molecule has 1 aromatic rings. The predicted molar refractivity (Wildman–Crippen MR) is 91.0 cm³/mol. The van der Waals surface area contributed by atoms with Crippen LogP contribution in [-0.4, -0.2) is 40.3 Å². The lowest BCUT2D eigenvalue weighted by Crippen LogP contribution is -2.44. The molecule has 0 radical (unpaired) electrons. The highest BCUT2D eigenvalue weighted by Crippen LogP contribution is 2.12. The van der Waals surface area contributed by atoms with Crippen molar-refractivity contribution >= 4 is 52.0 Å². The molecule has 0 saturated carbocycles. The maximum atomic E-state index is 11.9. The first-order chi connectivity index (χ1) is 11.3. The molecule has 1 aromatic carbocycles. The molecule has 1 heterocycles. The fraction of sp³-hybridized carbons (Fsp3) is 0.200. The van der Waals surface area contributed by atoms with Crippen molar-refractivity contribution in [2.45, 2.75) is 13.8 Å². The number of hydrogen-bond donors (Lipinski definition) is 2. The van der Waals surface area contributed by atoms with Crippen LogP contribution in [-0.2, 0) is 19.2 Å². The Morgan fingerprint density at radius 2 is 2.08 bits per heavy atom. The summed E-state index contributed by atoms with van der Waals surface area (Å²) >= 11 is 0.903. The standard InChI is InChI=1S/C15H14N4O4S/c1-8-4-3-5-10(6-8)17-11(21)7-24-15-18-13(22)12(14(23)19-15)16-9(2)20/h3-6H,7H2,1-2H3,(H,17,21)(H,18,19,22,23). The van der Waals surface area contributed by atoms with E-state index in [4.69, 9.17) is 0 Å². The van der Waals surface area contributed by atoms with E-state index >= 15 is 0 Å². The topological polar surface area (TPSA) is 117 Å². The van der Waals surface area contributed by atoms with Crippen molar-refractivity contribution in [1.29, 1.82) is 0 Å². The molecule has 8 nitrogen and oxygen atoms in total. The first kappa shape index (κ1) is 17.5. The monoisotopic (exact) mass is 346 g/mol. The number of hydrogen-bond acceptors (Lipinski definition) is 5. The average molecular weight is 346 g/mol. The summed E-state index contributed by atoms with van der Waals surface area (Å²) in [6.45, 7) is 3.03. The largest absolute Gasteiger partial charge is 0.325 e. The molecule has 1 aliphatic heterocycles. The van der Waals surface area contributed by atoms with E-state index < -0.39 is 23.4 Å². The Bertz CT molecular complexity index is 785. The summed E-state index contributed by atoms with van der Waals surface area (Å²) in [5.74, 6) is -2.74. The minimum Gasteiger partial charge on any atom is -0.325 e. The Morgan fingerprint density at radius 3 is 2.71 bits per heavy atom. The van der Waals surface area contributed by atoms with Gasteiger partial charge in [0.25, 0.3) is 5.91 Å². The zero-order valence-electron chi connectivity index (χ0n) is 13.0. The summed E-state index contributed by atoms with van der Waals surface area (Å²) in [5.41, 5.74) is 1.10. The molecule has 2 rings (SSSR count). The van der Waals surface area contributed by atoms with Crippen molar-refractivity contribution in [1.82, 2.24) is 5.32 Å². The second-order valence-electron chi connectivity index (χ2n) is 4.86. The molecule has 4 amide bonds. The minimum absolute atomic E-state index is 0.00751. The van der Waals surface area contributed by atoms with Gasteiger partial charge >= 0.3 is 5.91 Å². The summed E-state index contributed by atoms with van der Waals surface area (Å²) in [6, 6.07) is 7.29. The number of amidine groups is 1. The summed E-state index contributed by atoms with van der Waals surface area (Å²) in [5, 5.41) is 5.01. The Labute approximate surface area is 141 Å². The highest BCUT2D eigenvalue weighted by molar-refractivity contribution is 8.14. The Kier molecular flexibility index (Phi) is 5.59. The Hall–Kier alpha value is -2.81. The number of carbonyl (C=O) groups excluding carboxylic acids is 4.